The summed E-state index contributed by atoms with van der Waals surface area (Å²) < 4.78 is 28.5. The minimum absolute atomic E-state index is 0.281. The third-order valence-corrected chi connectivity index (χ3v) is 5.48. The molecule has 1 saturated carbocycles. The van der Waals surface area contributed by atoms with Crippen LogP contribution in [-0.2, 0) is 6.42 Å². The fourth-order valence-corrected chi connectivity index (χ4v) is 3.92. The first-order valence-electron chi connectivity index (χ1n) is 9.63. The SMILES string of the molecule is CCCCCC1CCC(c2cc(F)c(CCCC)c(F)c2)CC1. The Hall–Kier alpha value is -0.920. The number of benzene rings is 1. The highest BCUT2D eigenvalue weighted by atomic mass is 19.1. The summed E-state index contributed by atoms with van der Waals surface area (Å²) in [5.74, 6) is 0.509. The molecule has 0 radical (unpaired) electrons. The molecule has 0 atom stereocenters. The highest BCUT2D eigenvalue weighted by Crippen LogP contribution is 2.38. The molecule has 0 N–H and O–H groups in total. The van der Waals surface area contributed by atoms with Crippen molar-refractivity contribution in [3.8, 4) is 0 Å². The number of rotatable bonds is 8. The second-order valence-corrected chi connectivity index (χ2v) is 7.28. The van der Waals surface area contributed by atoms with Crippen LogP contribution < -0.4 is 0 Å². The van der Waals surface area contributed by atoms with Crippen LogP contribution in [-0.4, -0.2) is 0 Å². The average molecular weight is 322 g/mol. The van der Waals surface area contributed by atoms with Crippen LogP contribution in [0.2, 0.25) is 0 Å². The van der Waals surface area contributed by atoms with Gasteiger partial charge in [0.2, 0.25) is 0 Å². The molecule has 0 nitrogen and oxygen atoms in total. The molecule has 0 bridgehead atoms. The van der Waals surface area contributed by atoms with Gasteiger partial charge in [-0.2, -0.15) is 0 Å². The summed E-state index contributed by atoms with van der Waals surface area (Å²) in [5, 5.41) is 0. The monoisotopic (exact) mass is 322 g/mol. The summed E-state index contributed by atoms with van der Waals surface area (Å²) in [5.41, 5.74) is 1.16. The van der Waals surface area contributed by atoms with Crippen molar-refractivity contribution in [2.45, 2.75) is 90.4 Å². The average Bonchev–Trinajstić information content (AvgIpc) is 2.55. The van der Waals surface area contributed by atoms with Crippen LogP contribution in [0.1, 0.15) is 95.1 Å². The zero-order chi connectivity index (χ0) is 16.7. The highest BCUT2D eigenvalue weighted by Gasteiger charge is 2.23. The van der Waals surface area contributed by atoms with Crippen molar-refractivity contribution in [3.05, 3.63) is 34.9 Å². The molecule has 0 amide bonds. The van der Waals surface area contributed by atoms with Crippen molar-refractivity contribution in [2.75, 3.05) is 0 Å². The van der Waals surface area contributed by atoms with E-state index in [1.165, 1.54) is 38.5 Å². The van der Waals surface area contributed by atoms with Gasteiger partial charge in [0, 0.05) is 5.56 Å². The Labute approximate surface area is 140 Å². The van der Waals surface area contributed by atoms with E-state index in [1.807, 2.05) is 6.92 Å². The molecule has 1 aromatic rings. The van der Waals surface area contributed by atoms with Gasteiger partial charge >= 0.3 is 0 Å². The lowest BCUT2D eigenvalue weighted by molar-refractivity contribution is 0.302. The first-order valence-corrected chi connectivity index (χ1v) is 9.63. The van der Waals surface area contributed by atoms with E-state index in [-0.39, 0.29) is 17.2 Å². The van der Waals surface area contributed by atoms with Gasteiger partial charge in [0.05, 0.1) is 0 Å². The molecule has 1 aliphatic rings. The molecule has 1 aromatic carbocycles. The second kappa shape index (κ2) is 9.39. The van der Waals surface area contributed by atoms with E-state index < -0.39 is 0 Å². The van der Waals surface area contributed by atoms with Gasteiger partial charge in [0.1, 0.15) is 11.6 Å². The third kappa shape index (κ3) is 5.29. The van der Waals surface area contributed by atoms with Crippen LogP contribution >= 0.6 is 0 Å². The Morgan fingerprint density at radius 2 is 1.48 bits per heavy atom. The molecule has 0 heterocycles. The normalized spacial score (nSPS) is 21.6. The van der Waals surface area contributed by atoms with Crippen LogP contribution in [0.5, 0.6) is 0 Å². The fraction of sp³-hybridized carbons (Fsp3) is 0.714. The Morgan fingerprint density at radius 3 is 2.04 bits per heavy atom. The second-order valence-electron chi connectivity index (χ2n) is 7.28. The largest absolute Gasteiger partial charge is 0.207 e. The van der Waals surface area contributed by atoms with Gasteiger partial charge in [0.25, 0.3) is 0 Å². The molecule has 0 unspecified atom stereocenters. The van der Waals surface area contributed by atoms with E-state index >= 15 is 0 Å². The Kier molecular flexibility index (Phi) is 7.52. The predicted molar refractivity (Wildman–Crippen MR) is 93.8 cm³/mol. The topological polar surface area (TPSA) is 0 Å². The van der Waals surface area contributed by atoms with Gasteiger partial charge in [-0.3, -0.25) is 0 Å². The lowest BCUT2D eigenvalue weighted by Crippen LogP contribution is -2.14. The smallest absolute Gasteiger partial charge is 0.129 e. The molecule has 2 rings (SSSR count). The van der Waals surface area contributed by atoms with E-state index in [9.17, 15) is 8.78 Å². The maximum Gasteiger partial charge on any atom is 0.129 e. The standard InChI is InChI=1S/C21H32F2/c1-3-5-7-8-16-10-12-17(13-11-16)18-14-20(22)19(9-6-4-2)21(23)15-18/h14-17H,3-13H2,1-2H3. The Balaban J connectivity index is 1.93. The van der Waals surface area contributed by atoms with Crippen molar-refractivity contribution >= 4 is 0 Å². The summed E-state index contributed by atoms with van der Waals surface area (Å²) in [6.45, 7) is 4.29. The van der Waals surface area contributed by atoms with Gasteiger partial charge in [-0.15, -0.1) is 0 Å². The zero-order valence-electron chi connectivity index (χ0n) is 14.8. The fourth-order valence-electron chi connectivity index (χ4n) is 3.92. The minimum atomic E-state index is -0.335. The maximum atomic E-state index is 14.2. The molecule has 0 aromatic heterocycles. The first-order chi connectivity index (χ1) is 11.2. The van der Waals surface area contributed by atoms with Crippen LogP contribution in [0.25, 0.3) is 0 Å². The summed E-state index contributed by atoms with van der Waals surface area (Å²) in [4.78, 5) is 0. The van der Waals surface area contributed by atoms with Crippen molar-refractivity contribution < 1.29 is 8.78 Å². The Morgan fingerprint density at radius 1 is 0.870 bits per heavy atom. The van der Waals surface area contributed by atoms with Gasteiger partial charge in [-0.05, 0) is 68.1 Å². The van der Waals surface area contributed by atoms with E-state index in [2.05, 4.69) is 6.92 Å². The van der Waals surface area contributed by atoms with Gasteiger partial charge < -0.3 is 0 Å². The van der Waals surface area contributed by atoms with Gasteiger partial charge in [0.15, 0.2) is 0 Å². The summed E-state index contributed by atoms with van der Waals surface area (Å²) in [7, 11) is 0. The summed E-state index contributed by atoms with van der Waals surface area (Å²) >= 11 is 0. The van der Waals surface area contributed by atoms with Crippen LogP contribution in [0.4, 0.5) is 8.78 Å². The zero-order valence-corrected chi connectivity index (χ0v) is 14.8. The molecular formula is C21H32F2. The minimum Gasteiger partial charge on any atom is -0.207 e. The van der Waals surface area contributed by atoms with Crippen molar-refractivity contribution in [1.82, 2.24) is 0 Å². The molecule has 0 spiro atoms. The predicted octanol–water partition coefficient (Wildman–Crippen LogP) is 7.16. The lowest BCUT2D eigenvalue weighted by atomic mass is 9.77. The Bertz CT molecular complexity index is 450. The van der Waals surface area contributed by atoms with E-state index in [1.54, 1.807) is 12.1 Å². The molecule has 0 saturated heterocycles. The van der Waals surface area contributed by atoms with E-state index in [4.69, 9.17) is 0 Å². The molecular weight excluding hydrogens is 290 g/mol. The van der Waals surface area contributed by atoms with E-state index in [0.717, 1.165) is 37.2 Å². The number of hydrogen-bond donors (Lipinski definition) is 0. The highest BCUT2D eigenvalue weighted by molar-refractivity contribution is 5.29. The van der Waals surface area contributed by atoms with Gasteiger partial charge in [-0.25, -0.2) is 8.78 Å². The molecule has 130 valence electrons. The summed E-state index contributed by atoms with van der Waals surface area (Å²) in [6, 6.07) is 3.21. The quantitative estimate of drug-likeness (QED) is 0.445. The first kappa shape index (κ1) is 18.4. The molecule has 1 fully saturated rings. The van der Waals surface area contributed by atoms with Crippen LogP contribution in [0, 0.1) is 17.6 Å². The number of unbranched alkanes of at least 4 members (excludes halogenated alkanes) is 3. The number of halogens is 2. The van der Waals surface area contributed by atoms with Crippen molar-refractivity contribution in [1.29, 1.82) is 0 Å². The third-order valence-electron chi connectivity index (χ3n) is 5.48. The van der Waals surface area contributed by atoms with Gasteiger partial charge in [-0.1, -0.05) is 46.0 Å². The number of hydrogen-bond acceptors (Lipinski definition) is 0. The molecule has 23 heavy (non-hydrogen) atoms. The molecule has 2 heteroatoms. The van der Waals surface area contributed by atoms with Crippen LogP contribution in [0.3, 0.4) is 0 Å². The van der Waals surface area contributed by atoms with E-state index in [0.29, 0.717) is 12.3 Å². The summed E-state index contributed by atoms with van der Waals surface area (Å²) in [6.07, 6.45) is 12.2. The van der Waals surface area contributed by atoms with Crippen molar-refractivity contribution in [2.24, 2.45) is 5.92 Å². The van der Waals surface area contributed by atoms with Crippen LogP contribution in [0.15, 0.2) is 12.1 Å². The molecule has 0 aliphatic heterocycles. The molecule has 1 aliphatic carbocycles. The van der Waals surface area contributed by atoms with Crippen molar-refractivity contribution in [3.63, 3.8) is 0 Å². The maximum absolute atomic E-state index is 14.2. The lowest BCUT2D eigenvalue weighted by Gasteiger charge is -2.29.